The maximum atomic E-state index is 12.5. The fourth-order valence-electron chi connectivity index (χ4n) is 3.07. The molecular formula is C22H25NO4S. The molecule has 1 atom stereocenters. The second kappa shape index (κ2) is 9.75. The Bertz CT molecular complexity index is 846. The third-order valence-electron chi connectivity index (χ3n) is 4.55. The van der Waals surface area contributed by atoms with E-state index in [1.807, 2.05) is 44.2 Å². The molecule has 28 heavy (non-hydrogen) atoms. The number of ether oxygens (including phenoxy) is 2. The first-order chi connectivity index (χ1) is 13.5. The van der Waals surface area contributed by atoms with E-state index in [0.717, 1.165) is 46.9 Å². The van der Waals surface area contributed by atoms with Gasteiger partial charge in [0.2, 0.25) is 0 Å². The number of carbonyl (C=O) groups excluding carboxylic acids is 2. The lowest BCUT2D eigenvalue weighted by molar-refractivity contribution is -0.119. The van der Waals surface area contributed by atoms with Gasteiger partial charge in [-0.15, -0.1) is 11.8 Å². The highest BCUT2D eigenvalue weighted by molar-refractivity contribution is 7.99. The first kappa shape index (κ1) is 20.4. The van der Waals surface area contributed by atoms with E-state index >= 15 is 0 Å². The van der Waals surface area contributed by atoms with Crippen LogP contribution in [0.4, 0.5) is 5.69 Å². The van der Waals surface area contributed by atoms with Gasteiger partial charge in [0.15, 0.2) is 6.61 Å². The summed E-state index contributed by atoms with van der Waals surface area (Å²) in [5.41, 5.74) is 3.29. The van der Waals surface area contributed by atoms with Crippen molar-refractivity contribution in [1.29, 1.82) is 0 Å². The summed E-state index contributed by atoms with van der Waals surface area (Å²) in [4.78, 5) is 25.5. The molecule has 5 nitrogen and oxygen atoms in total. The molecule has 148 valence electrons. The summed E-state index contributed by atoms with van der Waals surface area (Å²) in [5, 5.41) is 2.78. The van der Waals surface area contributed by atoms with Crippen molar-refractivity contribution in [2.45, 2.75) is 37.7 Å². The van der Waals surface area contributed by atoms with Gasteiger partial charge in [-0.25, -0.2) is 4.79 Å². The minimum atomic E-state index is -0.494. The lowest BCUT2D eigenvalue weighted by Gasteiger charge is -2.12. The number of thioether (sulfide) groups is 1. The van der Waals surface area contributed by atoms with Crippen molar-refractivity contribution < 1.29 is 19.1 Å². The smallest absolute Gasteiger partial charge is 0.339 e. The predicted octanol–water partition coefficient (Wildman–Crippen LogP) is 4.37. The molecule has 0 bridgehead atoms. The van der Waals surface area contributed by atoms with E-state index < -0.39 is 5.97 Å². The molecular weight excluding hydrogens is 374 g/mol. The molecule has 1 amide bonds. The van der Waals surface area contributed by atoms with Gasteiger partial charge in [0.1, 0.15) is 0 Å². The lowest BCUT2D eigenvalue weighted by Crippen LogP contribution is -2.21. The summed E-state index contributed by atoms with van der Waals surface area (Å²) in [7, 11) is 0. The molecule has 1 saturated heterocycles. The fourth-order valence-corrected chi connectivity index (χ4v) is 4.18. The Morgan fingerprint density at radius 3 is 2.79 bits per heavy atom. The molecule has 1 aliphatic heterocycles. The predicted molar refractivity (Wildman–Crippen MR) is 111 cm³/mol. The molecule has 0 saturated carbocycles. The van der Waals surface area contributed by atoms with Crippen LogP contribution >= 0.6 is 11.8 Å². The van der Waals surface area contributed by atoms with E-state index in [1.54, 1.807) is 23.9 Å². The molecule has 0 aliphatic carbocycles. The van der Waals surface area contributed by atoms with Gasteiger partial charge < -0.3 is 14.8 Å². The zero-order valence-corrected chi connectivity index (χ0v) is 17.0. The number of rotatable bonds is 7. The maximum absolute atomic E-state index is 12.5. The molecule has 0 unspecified atom stereocenters. The van der Waals surface area contributed by atoms with Crippen molar-refractivity contribution >= 4 is 29.3 Å². The largest absolute Gasteiger partial charge is 0.452 e. The van der Waals surface area contributed by atoms with Gasteiger partial charge in [0.05, 0.1) is 11.7 Å². The molecule has 2 aromatic carbocycles. The van der Waals surface area contributed by atoms with Crippen LogP contribution in [0, 0.1) is 13.8 Å². The first-order valence-corrected chi connectivity index (χ1v) is 10.4. The number of esters is 1. The third-order valence-corrected chi connectivity index (χ3v) is 5.75. The van der Waals surface area contributed by atoms with Crippen molar-refractivity contribution in [3.63, 3.8) is 0 Å². The lowest BCUT2D eigenvalue weighted by atomic mass is 10.1. The molecule has 1 fully saturated rings. The van der Waals surface area contributed by atoms with E-state index in [9.17, 15) is 9.59 Å². The van der Waals surface area contributed by atoms with Gasteiger partial charge in [-0.05, 0) is 50.5 Å². The summed E-state index contributed by atoms with van der Waals surface area (Å²) >= 11 is 1.59. The Labute approximate surface area is 169 Å². The minimum absolute atomic E-state index is 0.234. The third kappa shape index (κ3) is 5.59. The summed E-state index contributed by atoms with van der Waals surface area (Å²) < 4.78 is 10.9. The molecule has 1 heterocycles. The van der Waals surface area contributed by atoms with E-state index in [4.69, 9.17) is 9.47 Å². The highest BCUT2D eigenvalue weighted by Gasteiger charge is 2.19. The van der Waals surface area contributed by atoms with Crippen LogP contribution in [0.25, 0.3) is 0 Å². The molecule has 1 aliphatic rings. The van der Waals surface area contributed by atoms with E-state index in [-0.39, 0.29) is 18.6 Å². The molecule has 3 rings (SSSR count). The highest BCUT2D eigenvalue weighted by Crippen LogP contribution is 2.27. The van der Waals surface area contributed by atoms with E-state index in [1.165, 1.54) is 0 Å². The Morgan fingerprint density at radius 1 is 1.21 bits per heavy atom. The standard InChI is InChI=1S/C22H25NO4S/c1-15-9-10-19(16(2)12-15)23-21(24)13-27-22(25)18-7-3-4-8-20(18)28-14-17-6-5-11-26-17/h3-4,7-10,12,17H,5-6,11,13-14H2,1-2H3,(H,23,24)/t17-/m1/s1. The van der Waals surface area contributed by atoms with Crippen LogP contribution in [0.15, 0.2) is 47.4 Å². The van der Waals surface area contributed by atoms with Crippen molar-refractivity contribution in [1.82, 2.24) is 0 Å². The number of nitrogens with one attached hydrogen (secondary N) is 1. The Kier molecular flexibility index (Phi) is 7.12. The topological polar surface area (TPSA) is 64.6 Å². The summed E-state index contributed by atoms with van der Waals surface area (Å²) in [5.74, 6) is -0.0479. The highest BCUT2D eigenvalue weighted by atomic mass is 32.2. The molecule has 6 heteroatoms. The zero-order chi connectivity index (χ0) is 19.9. The van der Waals surface area contributed by atoms with Crippen LogP contribution < -0.4 is 5.32 Å². The molecule has 1 N–H and O–H groups in total. The first-order valence-electron chi connectivity index (χ1n) is 9.40. The molecule has 2 aromatic rings. The number of carbonyl (C=O) groups is 2. The normalized spacial score (nSPS) is 16.0. The van der Waals surface area contributed by atoms with E-state index in [0.29, 0.717) is 5.56 Å². The Morgan fingerprint density at radius 2 is 2.04 bits per heavy atom. The quantitative estimate of drug-likeness (QED) is 0.553. The second-order valence-corrected chi connectivity index (χ2v) is 7.95. The number of hydrogen-bond acceptors (Lipinski definition) is 5. The van der Waals surface area contributed by atoms with Gasteiger partial charge in [0.25, 0.3) is 5.91 Å². The monoisotopic (exact) mass is 399 g/mol. The van der Waals surface area contributed by atoms with E-state index in [2.05, 4.69) is 5.32 Å². The van der Waals surface area contributed by atoms with Gasteiger partial charge in [0, 0.05) is 22.9 Å². The number of benzene rings is 2. The van der Waals surface area contributed by atoms with Crippen molar-refractivity contribution in [2.24, 2.45) is 0 Å². The van der Waals surface area contributed by atoms with Crippen LogP contribution in [0.3, 0.4) is 0 Å². The Hall–Kier alpha value is -2.31. The number of amides is 1. The van der Waals surface area contributed by atoms with Gasteiger partial charge in [-0.3, -0.25) is 4.79 Å². The Balaban J connectivity index is 1.54. The summed E-state index contributed by atoms with van der Waals surface area (Å²) in [6.45, 7) is 4.41. The fraction of sp³-hybridized carbons (Fsp3) is 0.364. The molecule has 0 spiro atoms. The van der Waals surface area contributed by atoms with Gasteiger partial charge in [-0.2, -0.15) is 0 Å². The second-order valence-electron chi connectivity index (χ2n) is 6.88. The van der Waals surface area contributed by atoms with Crippen molar-refractivity contribution in [2.75, 3.05) is 24.3 Å². The average molecular weight is 400 g/mol. The average Bonchev–Trinajstić information content (AvgIpc) is 3.20. The van der Waals surface area contributed by atoms with Crippen molar-refractivity contribution in [3.8, 4) is 0 Å². The molecule has 0 aromatic heterocycles. The summed E-state index contributed by atoms with van der Waals surface area (Å²) in [6, 6.07) is 13.1. The minimum Gasteiger partial charge on any atom is -0.452 e. The van der Waals surface area contributed by atoms with Crippen LogP contribution in [0.2, 0.25) is 0 Å². The number of hydrogen-bond donors (Lipinski definition) is 1. The van der Waals surface area contributed by atoms with Crippen LogP contribution in [0.1, 0.15) is 34.3 Å². The van der Waals surface area contributed by atoms with Gasteiger partial charge in [-0.1, -0.05) is 29.8 Å². The van der Waals surface area contributed by atoms with Gasteiger partial charge >= 0.3 is 5.97 Å². The maximum Gasteiger partial charge on any atom is 0.339 e. The molecule has 0 radical (unpaired) electrons. The number of anilines is 1. The zero-order valence-electron chi connectivity index (χ0n) is 16.2. The number of aryl methyl sites for hydroxylation is 2. The van der Waals surface area contributed by atoms with Crippen LogP contribution in [0.5, 0.6) is 0 Å². The summed E-state index contributed by atoms with van der Waals surface area (Å²) in [6.07, 6.45) is 2.38. The van der Waals surface area contributed by atoms with Crippen molar-refractivity contribution in [3.05, 3.63) is 59.2 Å². The van der Waals surface area contributed by atoms with Crippen LogP contribution in [-0.2, 0) is 14.3 Å². The SMILES string of the molecule is Cc1ccc(NC(=O)COC(=O)c2ccccc2SC[C@H]2CCCO2)c(C)c1. The van der Waals surface area contributed by atoms with Crippen LogP contribution in [-0.4, -0.2) is 36.9 Å².